The van der Waals surface area contributed by atoms with Crippen molar-refractivity contribution in [2.45, 2.75) is 17.7 Å². The molecule has 0 N–H and O–H groups in total. The number of hydrogen-bond acceptors (Lipinski definition) is 5. The Morgan fingerprint density at radius 1 is 1.24 bits per heavy atom. The number of sulfonamides is 1. The van der Waals surface area contributed by atoms with Gasteiger partial charge in [0, 0.05) is 43.2 Å². The van der Waals surface area contributed by atoms with Gasteiger partial charge in [0.15, 0.2) is 0 Å². The zero-order valence-electron chi connectivity index (χ0n) is 13.9. The Balaban J connectivity index is 1.82. The van der Waals surface area contributed by atoms with Gasteiger partial charge in [0.1, 0.15) is 0 Å². The Kier molecular flexibility index (Phi) is 5.67. The first-order valence-corrected chi connectivity index (χ1v) is 11.0. The monoisotopic (exact) mass is 379 g/mol. The van der Waals surface area contributed by atoms with Crippen molar-refractivity contribution in [3.05, 3.63) is 29.8 Å². The number of rotatable bonds is 3. The van der Waals surface area contributed by atoms with Gasteiger partial charge in [-0.05, 0) is 31.0 Å². The van der Waals surface area contributed by atoms with Crippen molar-refractivity contribution < 1.29 is 13.2 Å². The second-order valence-electron chi connectivity index (χ2n) is 6.26. The average Bonchev–Trinajstić information content (AvgIpc) is 2.68. The minimum absolute atomic E-state index is 0.120. The first-order valence-electron chi connectivity index (χ1n) is 8.39. The average molecular weight is 380 g/mol. The van der Waals surface area contributed by atoms with Crippen LogP contribution in [-0.2, 0) is 10.0 Å². The summed E-state index contributed by atoms with van der Waals surface area (Å²) in [6.45, 7) is 2.02. The van der Waals surface area contributed by atoms with Crippen LogP contribution in [-0.4, -0.2) is 61.2 Å². The topological polar surface area (TPSA) is 81.5 Å². The summed E-state index contributed by atoms with van der Waals surface area (Å²) < 4.78 is 27.1. The molecule has 1 atom stereocenters. The molecule has 2 aliphatic heterocycles. The number of thioether (sulfide) groups is 1. The second-order valence-corrected chi connectivity index (χ2v) is 9.43. The predicted octanol–water partition coefficient (Wildman–Crippen LogP) is 1.80. The fourth-order valence-electron chi connectivity index (χ4n) is 3.15. The summed E-state index contributed by atoms with van der Waals surface area (Å²) in [4.78, 5) is 14.5. The Hall–Kier alpha value is -1.56. The zero-order valence-corrected chi connectivity index (χ0v) is 15.6. The van der Waals surface area contributed by atoms with Crippen LogP contribution < -0.4 is 0 Å². The molecule has 0 saturated carbocycles. The first kappa shape index (κ1) is 18.2. The van der Waals surface area contributed by atoms with Gasteiger partial charge in [-0.25, -0.2) is 8.42 Å². The van der Waals surface area contributed by atoms with Crippen LogP contribution in [0.1, 0.15) is 23.2 Å². The smallest absolute Gasteiger partial charge is 0.253 e. The molecule has 3 rings (SSSR count). The molecule has 2 saturated heterocycles. The molecular formula is C17H21N3O3S2. The van der Waals surface area contributed by atoms with E-state index in [-0.39, 0.29) is 23.3 Å². The number of hydrogen-bond donors (Lipinski definition) is 0. The maximum Gasteiger partial charge on any atom is 0.253 e. The second kappa shape index (κ2) is 7.77. The minimum Gasteiger partial charge on any atom is -0.337 e. The van der Waals surface area contributed by atoms with Crippen LogP contribution in [0.3, 0.4) is 0 Å². The molecule has 1 aromatic rings. The summed E-state index contributed by atoms with van der Waals surface area (Å²) >= 11 is 1.82. The summed E-state index contributed by atoms with van der Waals surface area (Å²) in [6.07, 6.45) is 1.41. The van der Waals surface area contributed by atoms with E-state index in [1.54, 1.807) is 17.0 Å². The van der Waals surface area contributed by atoms with Gasteiger partial charge in [0.05, 0.1) is 16.9 Å². The van der Waals surface area contributed by atoms with E-state index in [0.29, 0.717) is 31.6 Å². The Morgan fingerprint density at radius 3 is 2.72 bits per heavy atom. The van der Waals surface area contributed by atoms with E-state index in [4.69, 9.17) is 5.26 Å². The first-order chi connectivity index (χ1) is 12.0. The van der Waals surface area contributed by atoms with Crippen LogP contribution in [0.15, 0.2) is 29.2 Å². The molecule has 0 bridgehead atoms. The third-order valence-electron chi connectivity index (χ3n) is 4.58. The highest BCUT2D eigenvalue weighted by Crippen LogP contribution is 2.24. The standard InChI is InChI=1S/C17H21N3O3S2/c18-12-14-3-2-6-20(13-14)25(22,23)16-5-1-4-15(11-16)17(21)19-7-9-24-10-8-19/h1,4-5,11,14H,2-3,6-10,13H2. The van der Waals surface area contributed by atoms with E-state index >= 15 is 0 Å². The van der Waals surface area contributed by atoms with Gasteiger partial charge in [-0.2, -0.15) is 21.3 Å². The molecule has 0 spiro atoms. The molecule has 2 fully saturated rings. The lowest BCUT2D eigenvalue weighted by Crippen LogP contribution is -2.40. The summed E-state index contributed by atoms with van der Waals surface area (Å²) in [5.41, 5.74) is 0.404. The van der Waals surface area contributed by atoms with Crippen LogP contribution in [0.25, 0.3) is 0 Å². The fourth-order valence-corrected chi connectivity index (χ4v) is 5.63. The van der Waals surface area contributed by atoms with Crippen LogP contribution in [0, 0.1) is 17.2 Å². The molecule has 1 amide bonds. The molecule has 2 aliphatic rings. The highest BCUT2D eigenvalue weighted by molar-refractivity contribution is 7.99. The highest BCUT2D eigenvalue weighted by atomic mass is 32.2. The largest absolute Gasteiger partial charge is 0.337 e. The summed E-state index contributed by atoms with van der Waals surface area (Å²) in [5, 5.41) is 9.08. The quantitative estimate of drug-likeness (QED) is 0.800. The van der Waals surface area contributed by atoms with E-state index in [1.807, 2.05) is 11.8 Å². The van der Waals surface area contributed by atoms with Crippen molar-refractivity contribution >= 4 is 27.7 Å². The van der Waals surface area contributed by atoms with Crippen LogP contribution in [0.4, 0.5) is 0 Å². The van der Waals surface area contributed by atoms with Gasteiger partial charge in [-0.15, -0.1) is 0 Å². The van der Waals surface area contributed by atoms with E-state index in [0.717, 1.165) is 17.9 Å². The number of carbonyl (C=O) groups is 1. The van der Waals surface area contributed by atoms with E-state index in [9.17, 15) is 13.2 Å². The normalized spacial score (nSPS) is 22.4. The third kappa shape index (κ3) is 4.00. The molecule has 2 heterocycles. The summed E-state index contributed by atoms with van der Waals surface area (Å²) in [6, 6.07) is 8.43. The SMILES string of the molecule is N#CC1CCCN(S(=O)(=O)c2cccc(C(=O)N3CCSCC3)c2)C1. The third-order valence-corrected chi connectivity index (χ3v) is 7.39. The molecule has 25 heavy (non-hydrogen) atoms. The number of piperidine rings is 1. The summed E-state index contributed by atoms with van der Waals surface area (Å²) in [7, 11) is -3.68. The maximum atomic E-state index is 12.9. The fraction of sp³-hybridized carbons (Fsp3) is 0.529. The molecule has 8 heteroatoms. The summed E-state index contributed by atoms with van der Waals surface area (Å²) in [5.74, 6) is 1.44. The molecule has 0 aliphatic carbocycles. The van der Waals surface area contributed by atoms with Crippen molar-refractivity contribution in [1.82, 2.24) is 9.21 Å². The lowest BCUT2D eigenvalue weighted by Gasteiger charge is -2.29. The van der Waals surface area contributed by atoms with Crippen LogP contribution >= 0.6 is 11.8 Å². The van der Waals surface area contributed by atoms with Crippen molar-refractivity contribution in [2.24, 2.45) is 5.92 Å². The molecule has 6 nitrogen and oxygen atoms in total. The highest BCUT2D eigenvalue weighted by Gasteiger charge is 2.31. The number of benzene rings is 1. The lowest BCUT2D eigenvalue weighted by atomic mass is 10.0. The Morgan fingerprint density at radius 2 is 2.00 bits per heavy atom. The minimum atomic E-state index is -3.68. The number of nitrogens with zero attached hydrogens (tertiary/aromatic N) is 3. The van der Waals surface area contributed by atoms with Gasteiger partial charge in [0.2, 0.25) is 10.0 Å². The zero-order chi connectivity index (χ0) is 17.9. The van der Waals surface area contributed by atoms with Gasteiger partial charge in [-0.3, -0.25) is 4.79 Å². The lowest BCUT2D eigenvalue weighted by molar-refractivity contribution is 0.0772. The maximum absolute atomic E-state index is 12.9. The van der Waals surface area contributed by atoms with Gasteiger partial charge in [-0.1, -0.05) is 6.07 Å². The van der Waals surface area contributed by atoms with Gasteiger partial charge >= 0.3 is 0 Å². The number of carbonyl (C=O) groups excluding carboxylic acids is 1. The molecule has 134 valence electrons. The van der Waals surface area contributed by atoms with Crippen molar-refractivity contribution in [2.75, 3.05) is 37.7 Å². The van der Waals surface area contributed by atoms with Crippen LogP contribution in [0.2, 0.25) is 0 Å². The van der Waals surface area contributed by atoms with Crippen molar-refractivity contribution in [1.29, 1.82) is 5.26 Å². The Bertz CT molecular complexity index is 783. The van der Waals surface area contributed by atoms with Gasteiger partial charge < -0.3 is 4.90 Å². The van der Waals surface area contributed by atoms with Crippen LogP contribution in [0.5, 0.6) is 0 Å². The van der Waals surface area contributed by atoms with Crippen molar-refractivity contribution in [3.8, 4) is 6.07 Å². The van der Waals surface area contributed by atoms with E-state index in [1.165, 1.54) is 16.4 Å². The molecule has 1 unspecified atom stereocenters. The number of nitriles is 1. The van der Waals surface area contributed by atoms with E-state index in [2.05, 4.69) is 6.07 Å². The van der Waals surface area contributed by atoms with Gasteiger partial charge in [0.25, 0.3) is 5.91 Å². The molecular weight excluding hydrogens is 358 g/mol. The number of amides is 1. The van der Waals surface area contributed by atoms with Crippen molar-refractivity contribution in [3.63, 3.8) is 0 Å². The van der Waals surface area contributed by atoms with E-state index < -0.39 is 10.0 Å². The predicted molar refractivity (Wildman–Crippen MR) is 96.8 cm³/mol. The Labute approximate surface area is 152 Å². The molecule has 0 radical (unpaired) electrons. The molecule has 1 aromatic carbocycles. The molecule has 0 aromatic heterocycles.